The molecule has 0 radical (unpaired) electrons. The molecule has 1 aromatic heterocycles. The normalized spacial score (nSPS) is 12.1. The van der Waals surface area contributed by atoms with E-state index < -0.39 is 0 Å². The van der Waals surface area contributed by atoms with Crippen LogP contribution in [-0.4, -0.2) is 27.6 Å². The summed E-state index contributed by atoms with van der Waals surface area (Å²) in [5, 5.41) is 9.37. The van der Waals surface area contributed by atoms with Gasteiger partial charge < -0.3 is 11.1 Å². The van der Waals surface area contributed by atoms with Gasteiger partial charge in [-0.3, -0.25) is 9.89 Å². The summed E-state index contributed by atoms with van der Waals surface area (Å²) >= 11 is 0. The predicted octanol–water partition coefficient (Wildman–Crippen LogP) is 0.849. The first-order chi connectivity index (χ1) is 9.16. The summed E-state index contributed by atoms with van der Waals surface area (Å²) in [7, 11) is 0. The van der Waals surface area contributed by atoms with E-state index >= 15 is 0 Å². The van der Waals surface area contributed by atoms with Crippen molar-refractivity contribution < 1.29 is 4.79 Å². The van der Waals surface area contributed by atoms with Gasteiger partial charge in [0.15, 0.2) is 0 Å². The average molecular weight is 259 g/mol. The zero-order chi connectivity index (χ0) is 13.7. The van der Waals surface area contributed by atoms with E-state index in [1.165, 1.54) is 6.33 Å². The average Bonchev–Trinajstić information content (AvgIpc) is 2.91. The Bertz CT molecular complexity index is 538. The summed E-state index contributed by atoms with van der Waals surface area (Å²) in [4.78, 5) is 16.0. The maximum Gasteiger partial charge on any atom is 0.227 e. The number of benzene rings is 1. The van der Waals surface area contributed by atoms with Crippen molar-refractivity contribution in [1.29, 1.82) is 0 Å². The number of hydrogen-bond donors (Lipinski definition) is 3. The summed E-state index contributed by atoms with van der Waals surface area (Å²) in [6, 6.07) is 7.37. The van der Waals surface area contributed by atoms with Crippen LogP contribution < -0.4 is 11.1 Å². The van der Waals surface area contributed by atoms with E-state index in [2.05, 4.69) is 20.5 Å². The molecule has 19 heavy (non-hydrogen) atoms. The monoisotopic (exact) mass is 259 g/mol. The Morgan fingerprint density at radius 2 is 2.37 bits per heavy atom. The minimum Gasteiger partial charge on any atom is -0.399 e. The number of aromatic amines is 1. The Balaban J connectivity index is 1.85. The molecule has 0 fully saturated rings. The summed E-state index contributed by atoms with van der Waals surface area (Å²) in [5.74, 6) is 0.514. The number of H-pyrrole nitrogens is 1. The van der Waals surface area contributed by atoms with Crippen LogP contribution in [0.4, 0.5) is 5.69 Å². The molecule has 1 aromatic carbocycles. The Morgan fingerprint density at radius 3 is 3.05 bits per heavy atom. The van der Waals surface area contributed by atoms with Gasteiger partial charge in [-0.15, -0.1) is 0 Å². The zero-order valence-electron chi connectivity index (χ0n) is 10.8. The third kappa shape index (κ3) is 3.54. The highest BCUT2D eigenvalue weighted by Crippen LogP contribution is 2.17. The fourth-order valence-electron chi connectivity index (χ4n) is 1.79. The Hall–Kier alpha value is -2.37. The topological polar surface area (TPSA) is 96.7 Å². The van der Waals surface area contributed by atoms with Crippen molar-refractivity contribution in [2.75, 3.05) is 12.3 Å². The molecule has 1 amide bonds. The third-order valence-corrected chi connectivity index (χ3v) is 2.93. The second kappa shape index (κ2) is 5.99. The van der Waals surface area contributed by atoms with Crippen molar-refractivity contribution in [1.82, 2.24) is 20.5 Å². The Morgan fingerprint density at radius 1 is 1.53 bits per heavy atom. The number of nitrogens with zero attached hydrogens (tertiary/aromatic N) is 2. The minimum absolute atomic E-state index is 0.0230. The van der Waals surface area contributed by atoms with E-state index in [-0.39, 0.29) is 11.8 Å². The molecule has 6 heteroatoms. The van der Waals surface area contributed by atoms with Gasteiger partial charge in [-0.1, -0.05) is 12.1 Å². The molecule has 0 aliphatic rings. The summed E-state index contributed by atoms with van der Waals surface area (Å²) in [6.45, 7) is 2.39. The summed E-state index contributed by atoms with van der Waals surface area (Å²) in [5.41, 5.74) is 7.29. The fourth-order valence-corrected chi connectivity index (χ4v) is 1.79. The second-order valence-corrected chi connectivity index (χ2v) is 4.37. The molecule has 1 atom stereocenters. The number of carbonyl (C=O) groups excluding carboxylic acids is 1. The van der Waals surface area contributed by atoms with E-state index in [1.54, 1.807) is 6.07 Å². The van der Waals surface area contributed by atoms with Gasteiger partial charge in [0.05, 0.1) is 5.92 Å². The minimum atomic E-state index is -0.224. The Kier molecular flexibility index (Phi) is 4.12. The molecule has 1 heterocycles. The molecule has 0 saturated carbocycles. The maximum atomic E-state index is 12.0. The number of amides is 1. The lowest BCUT2D eigenvalue weighted by molar-refractivity contribution is -0.122. The fraction of sp³-hybridized carbons (Fsp3) is 0.308. The number of hydrogen-bond acceptors (Lipinski definition) is 4. The number of nitrogen functional groups attached to an aromatic ring is 1. The van der Waals surface area contributed by atoms with Crippen molar-refractivity contribution in [3.8, 4) is 0 Å². The molecule has 6 nitrogen and oxygen atoms in total. The standard InChI is InChI=1S/C13H17N5O/c1-9(10-3-2-4-11(14)7-10)13(19)15-6-5-12-16-8-17-18-12/h2-4,7-9H,5-6,14H2,1H3,(H,15,19)(H,16,17,18). The molecular weight excluding hydrogens is 242 g/mol. The van der Waals surface area contributed by atoms with Crippen LogP contribution in [0.5, 0.6) is 0 Å². The van der Waals surface area contributed by atoms with Gasteiger partial charge in [0, 0.05) is 18.7 Å². The van der Waals surface area contributed by atoms with Crippen molar-refractivity contribution in [3.05, 3.63) is 42.0 Å². The largest absolute Gasteiger partial charge is 0.399 e. The number of aromatic nitrogens is 3. The molecule has 0 bridgehead atoms. The van der Waals surface area contributed by atoms with Crippen molar-refractivity contribution >= 4 is 11.6 Å². The quantitative estimate of drug-likeness (QED) is 0.693. The van der Waals surface area contributed by atoms with E-state index in [4.69, 9.17) is 5.73 Å². The highest BCUT2D eigenvalue weighted by Gasteiger charge is 2.14. The summed E-state index contributed by atoms with van der Waals surface area (Å²) < 4.78 is 0. The van der Waals surface area contributed by atoms with E-state index in [0.717, 1.165) is 11.4 Å². The van der Waals surface area contributed by atoms with Crippen molar-refractivity contribution in [2.45, 2.75) is 19.3 Å². The first-order valence-electron chi connectivity index (χ1n) is 6.14. The molecule has 1 unspecified atom stereocenters. The van der Waals surface area contributed by atoms with Crippen LogP contribution in [0.15, 0.2) is 30.6 Å². The van der Waals surface area contributed by atoms with Gasteiger partial charge in [0.1, 0.15) is 12.2 Å². The number of nitrogens with one attached hydrogen (secondary N) is 2. The predicted molar refractivity (Wildman–Crippen MR) is 72.4 cm³/mol. The molecular formula is C13H17N5O. The molecule has 0 saturated heterocycles. The lowest BCUT2D eigenvalue weighted by atomic mass is 10.00. The molecule has 0 aliphatic heterocycles. The zero-order valence-corrected chi connectivity index (χ0v) is 10.8. The Labute approximate surface area is 111 Å². The second-order valence-electron chi connectivity index (χ2n) is 4.37. The van der Waals surface area contributed by atoms with Gasteiger partial charge in [0.2, 0.25) is 5.91 Å². The van der Waals surface area contributed by atoms with Crippen LogP contribution in [0.2, 0.25) is 0 Å². The highest BCUT2D eigenvalue weighted by molar-refractivity contribution is 5.83. The molecule has 2 rings (SSSR count). The number of rotatable bonds is 5. The maximum absolute atomic E-state index is 12.0. The molecule has 2 aromatic rings. The third-order valence-electron chi connectivity index (χ3n) is 2.93. The van der Waals surface area contributed by atoms with Gasteiger partial charge in [-0.05, 0) is 24.6 Å². The lowest BCUT2D eigenvalue weighted by Crippen LogP contribution is -2.30. The van der Waals surface area contributed by atoms with Gasteiger partial charge >= 0.3 is 0 Å². The number of nitrogens with two attached hydrogens (primary N) is 1. The van der Waals surface area contributed by atoms with Crippen molar-refractivity contribution in [3.63, 3.8) is 0 Å². The van der Waals surface area contributed by atoms with Gasteiger partial charge in [0.25, 0.3) is 0 Å². The first-order valence-corrected chi connectivity index (χ1v) is 6.14. The first kappa shape index (κ1) is 13.1. The summed E-state index contributed by atoms with van der Waals surface area (Å²) in [6.07, 6.45) is 2.09. The SMILES string of the molecule is CC(C(=O)NCCc1ncn[nH]1)c1cccc(N)c1. The van der Waals surface area contributed by atoms with Crippen LogP contribution in [0, 0.1) is 0 Å². The molecule has 0 aliphatic carbocycles. The van der Waals surface area contributed by atoms with Gasteiger partial charge in [-0.2, -0.15) is 5.10 Å². The van der Waals surface area contributed by atoms with Crippen LogP contribution in [0.25, 0.3) is 0 Å². The molecule has 4 N–H and O–H groups in total. The van der Waals surface area contributed by atoms with E-state index in [9.17, 15) is 4.79 Å². The lowest BCUT2D eigenvalue weighted by Gasteiger charge is -2.12. The highest BCUT2D eigenvalue weighted by atomic mass is 16.1. The van der Waals surface area contributed by atoms with Crippen LogP contribution in [0.1, 0.15) is 24.2 Å². The smallest absolute Gasteiger partial charge is 0.227 e. The van der Waals surface area contributed by atoms with Gasteiger partial charge in [-0.25, -0.2) is 4.98 Å². The van der Waals surface area contributed by atoms with Crippen molar-refractivity contribution in [2.24, 2.45) is 0 Å². The number of carbonyl (C=O) groups is 1. The van der Waals surface area contributed by atoms with Crippen LogP contribution in [0.3, 0.4) is 0 Å². The molecule has 100 valence electrons. The molecule has 0 spiro atoms. The van der Waals surface area contributed by atoms with E-state index in [1.807, 2.05) is 25.1 Å². The number of anilines is 1. The van der Waals surface area contributed by atoms with E-state index in [0.29, 0.717) is 18.7 Å². The van der Waals surface area contributed by atoms with Crippen LogP contribution in [-0.2, 0) is 11.2 Å². The van der Waals surface area contributed by atoms with Crippen LogP contribution >= 0.6 is 0 Å².